The Morgan fingerprint density at radius 1 is 1.44 bits per heavy atom. The van der Waals surface area contributed by atoms with E-state index < -0.39 is 11.9 Å². The molecule has 1 unspecified atom stereocenters. The van der Waals surface area contributed by atoms with E-state index in [-0.39, 0.29) is 0 Å². The largest absolute Gasteiger partial charge is 0.481 e. The zero-order chi connectivity index (χ0) is 13.1. The predicted molar refractivity (Wildman–Crippen MR) is 71.1 cm³/mol. The Kier molecular flexibility index (Phi) is 3.92. The summed E-state index contributed by atoms with van der Waals surface area (Å²) in [5.74, 6) is -0.905. The van der Waals surface area contributed by atoms with Crippen molar-refractivity contribution in [2.24, 2.45) is 0 Å². The van der Waals surface area contributed by atoms with Crippen LogP contribution >= 0.6 is 11.6 Å². The van der Waals surface area contributed by atoms with Crippen LogP contribution in [0.2, 0.25) is 5.02 Å². The summed E-state index contributed by atoms with van der Waals surface area (Å²) >= 11 is 5.90. The lowest BCUT2D eigenvalue weighted by Gasteiger charge is -2.07. The average Bonchev–Trinajstić information content (AvgIpc) is 2.71. The van der Waals surface area contributed by atoms with Crippen molar-refractivity contribution < 1.29 is 14.3 Å². The van der Waals surface area contributed by atoms with Gasteiger partial charge in [-0.05, 0) is 30.7 Å². The van der Waals surface area contributed by atoms with Crippen LogP contribution in [0.5, 0.6) is 0 Å². The van der Waals surface area contributed by atoms with Crippen LogP contribution in [-0.4, -0.2) is 11.1 Å². The number of aliphatic carboxylic acids is 1. The maximum Gasteiger partial charge on any atom is 0.314 e. The second-order valence-corrected chi connectivity index (χ2v) is 4.80. The molecule has 0 saturated heterocycles. The van der Waals surface area contributed by atoms with Gasteiger partial charge in [-0.2, -0.15) is 0 Å². The maximum atomic E-state index is 11.3. The fourth-order valence-corrected chi connectivity index (χ4v) is 2.18. The Hall–Kier alpha value is -1.48. The van der Waals surface area contributed by atoms with Gasteiger partial charge in [-0.1, -0.05) is 31.4 Å². The first kappa shape index (κ1) is 13.0. The first-order valence-corrected chi connectivity index (χ1v) is 6.41. The van der Waals surface area contributed by atoms with Crippen molar-refractivity contribution >= 4 is 28.5 Å². The van der Waals surface area contributed by atoms with E-state index in [2.05, 4.69) is 0 Å². The molecule has 96 valence electrons. The number of carboxylic acids is 1. The maximum absolute atomic E-state index is 11.3. The van der Waals surface area contributed by atoms with Gasteiger partial charge in [0.15, 0.2) is 0 Å². The Morgan fingerprint density at radius 2 is 2.22 bits per heavy atom. The standard InChI is InChI=1S/C14H15ClO3/c1-2-3-4-11(14(16)17)13-8-9-7-10(15)5-6-12(9)18-13/h5-8,11H,2-4H2,1H3,(H,16,17). The average molecular weight is 267 g/mol. The monoisotopic (exact) mass is 266 g/mol. The Labute approximate surface area is 110 Å². The number of rotatable bonds is 5. The molecule has 0 spiro atoms. The zero-order valence-corrected chi connectivity index (χ0v) is 10.9. The Balaban J connectivity index is 2.35. The lowest BCUT2D eigenvalue weighted by atomic mass is 9.99. The van der Waals surface area contributed by atoms with E-state index in [1.165, 1.54) is 0 Å². The van der Waals surface area contributed by atoms with Gasteiger partial charge < -0.3 is 9.52 Å². The van der Waals surface area contributed by atoms with Gasteiger partial charge in [-0.3, -0.25) is 4.79 Å². The van der Waals surface area contributed by atoms with Crippen molar-refractivity contribution in [2.45, 2.75) is 32.1 Å². The van der Waals surface area contributed by atoms with Gasteiger partial charge in [0.1, 0.15) is 17.3 Å². The summed E-state index contributed by atoms with van der Waals surface area (Å²) in [5.41, 5.74) is 0.678. The molecule has 0 aliphatic carbocycles. The quantitative estimate of drug-likeness (QED) is 0.870. The van der Waals surface area contributed by atoms with Crippen LogP contribution in [0, 0.1) is 0 Å². The normalized spacial score (nSPS) is 12.8. The van der Waals surface area contributed by atoms with E-state index >= 15 is 0 Å². The summed E-state index contributed by atoms with van der Waals surface area (Å²) in [4.78, 5) is 11.3. The van der Waals surface area contributed by atoms with Gasteiger partial charge in [-0.25, -0.2) is 0 Å². The third kappa shape index (κ3) is 2.67. The first-order chi connectivity index (χ1) is 8.61. The van der Waals surface area contributed by atoms with E-state index in [0.29, 0.717) is 22.8 Å². The molecule has 0 aliphatic heterocycles. The molecule has 1 aromatic carbocycles. The second kappa shape index (κ2) is 5.44. The van der Waals surface area contributed by atoms with E-state index in [0.717, 1.165) is 18.2 Å². The molecule has 0 saturated carbocycles. The lowest BCUT2D eigenvalue weighted by Crippen LogP contribution is -2.10. The Morgan fingerprint density at radius 3 is 2.89 bits per heavy atom. The highest BCUT2D eigenvalue weighted by Crippen LogP contribution is 2.30. The number of furan rings is 1. The van der Waals surface area contributed by atoms with Crippen LogP contribution in [0.4, 0.5) is 0 Å². The molecule has 1 heterocycles. The molecule has 2 aromatic rings. The smallest absolute Gasteiger partial charge is 0.314 e. The third-order valence-electron chi connectivity index (χ3n) is 2.99. The van der Waals surface area contributed by atoms with Crippen LogP contribution in [0.15, 0.2) is 28.7 Å². The van der Waals surface area contributed by atoms with Gasteiger partial charge in [-0.15, -0.1) is 0 Å². The first-order valence-electron chi connectivity index (χ1n) is 6.03. The molecule has 1 aromatic heterocycles. The van der Waals surface area contributed by atoms with Crippen molar-refractivity contribution in [1.29, 1.82) is 0 Å². The summed E-state index contributed by atoms with van der Waals surface area (Å²) in [6.45, 7) is 2.04. The highest BCUT2D eigenvalue weighted by atomic mass is 35.5. The fraction of sp³-hybridized carbons (Fsp3) is 0.357. The number of hydrogen-bond donors (Lipinski definition) is 1. The molecular weight excluding hydrogens is 252 g/mol. The van der Waals surface area contributed by atoms with Crippen LogP contribution in [-0.2, 0) is 4.79 Å². The van der Waals surface area contributed by atoms with E-state index in [1.807, 2.05) is 6.92 Å². The zero-order valence-electron chi connectivity index (χ0n) is 10.1. The summed E-state index contributed by atoms with van der Waals surface area (Å²) in [6.07, 6.45) is 2.43. The SMILES string of the molecule is CCCCC(C(=O)O)c1cc2cc(Cl)ccc2o1. The topological polar surface area (TPSA) is 50.4 Å². The number of fused-ring (bicyclic) bond motifs is 1. The molecule has 0 amide bonds. The van der Waals surface area contributed by atoms with Crippen molar-refractivity contribution in [1.82, 2.24) is 0 Å². The Bertz CT molecular complexity index is 559. The minimum absolute atomic E-state index is 0.508. The van der Waals surface area contributed by atoms with E-state index in [9.17, 15) is 9.90 Å². The van der Waals surface area contributed by atoms with Crippen LogP contribution in [0.25, 0.3) is 11.0 Å². The van der Waals surface area contributed by atoms with Gasteiger partial charge in [0.05, 0.1) is 0 Å². The third-order valence-corrected chi connectivity index (χ3v) is 3.22. The van der Waals surface area contributed by atoms with Gasteiger partial charge in [0.2, 0.25) is 0 Å². The molecular formula is C14H15ClO3. The van der Waals surface area contributed by atoms with Gasteiger partial charge in [0.25, 0.3) is 0 Å². The summed E-state index contributed by atoms with van der Waals surface area (Å²) in [7, 11) is 0. The lowest BCUT2D eigenvalue weighted by molar-refractivity contribution is -0.139. The minimum Gasteiger partial charge on any atom is -0.481 e. The number of hydrogen-bond acceptors (Lipinski definition) is 2. The molecule has 3 nitrogen and oxygen atoms in total. The minimum atomic E-state index is -0.839. The van der Waals surface area contributed by atoms with Crippen molar-refractivity contribution in [2.75, 3.05) is 0 Å². The molecule has 1 atom stereocenters. The molecule has 4 heteroatoms. The van der Waals surface area contributed by atoms with Crippen molar-refractivity contribution in [3.05, 3.63) is 35.0 Å². The summed E-state index contributed by atoms with van der Waals surface area (Å²) < 4.78 is 5.60. The molecule has 2 rings (SSSR count). The summed E-state index contributed by atoms with van der Waals surface area (Å²) in [6, 6.07) is 7.05. The number of halogens is 1. The van der Waals surface area contributed by atoms with Crippen LogP contribution in [0.1, 0.15) is 37.9 Å². The molecule has 0 bridgehead atoms. The highest BCUT2D eigenvalue weighted by Gasteiger charge is 2.23. The van der Waals surface area contributed by atoms with Crippen LogP contribution in [0.3, 0.4) is 0 Å². The predicted octanol–water partition coefficient (Wildman–Crippen LogP) is 4.44. The van der Waals surface area contributed by atoms with Crippen molar-refractivity contribution in [3.8, 4) is 0 Å². The van der Waals surface area contributed by atoms with E-state index in [1.54, 1.807) is 24.3 Å². The second-order valence-electron chi connectivity index (χ2n) is 4.36. The van der Waals surface area contributed by atoms with E-state index in [4.69, 9.17) is 16.0 Å². The fourth-order valence-electron chi connectivity index (χ4n) is 2.00. The molecule has 18 heavy (non-hydrogen) atoms. The summed E-state index contributed by atoms with van der Waals surface area (Å²) in [5, 5.41) is 10.7. The number of carboxylic acid groups (broad SMARTS) is 1. The molecule has 0 radical (unpaired) electrons. The number of carbonyl (C=O) groups is 1. The molecule has 0 fully saturated rings. The molecule has 0 aliphatic rings. The van der Waals surface area contributed by atoms with Crippen molar-refractivity contribution in [3.63, 3.8) is 0 Å². The number of unbranched alkanes of at least 4 members (excludes halogenated alkanes) is 1. The highest BCUT2D eigenvalue weighted by molar-refractivity contribution is 6.31. The number of benzene rings is 1. The van der Waals surface area contributed by atoms with Gasteiger partial charge in [0, 0.05) is 10.4 Å². The molecule has 1 N–H and O–H groups in total. The van der Waals surface area contributed by atoms with Crippen LogP contribution < -0.4 is 0 Å². The van der Waals surface area contributed by atoms with Gasteiger partial charge >= 0.3 is 5.97 Å².